The molecule has 0 bridgehead atoms. The van der Waals surface area contributed by atoms with Crippen LogP contribution in [0.25, 0.3) is 0 Å². The number of aryl methyl sites for hydroxylation is 1. The Kier molecular flexibility index (Phi) is 6.36. The Morgan fingerprint density at radius 3 is 2.71 bits per heavy atom. The lowest BCUT2D eigenvalue weighted by Crippen LogP contribution is -2.42. The van der Waals surface area contributed by atoms with Crippen molar-refractivity contribution in [1.82, 2.24) is 16.0 Å². The third-order valence-electron chi connectivity index (χ3n) is 3.36. The molecule has 7 heteroatoms. The van der Waals surface area contributed by atoms with Crippen molar-refractivity contribution in [3.8, 4) is 0 Å². The van der Waals surface area contributed by atoms with Crippen molar-refractivity contribution in [3.05, 3.63) is 59.3 Å². The number of hydrogen-bond donors (Lipinski definition) is 3. The number of carbonyl (C=O) groups is 1. The molecule has 128 valence electrons. The van der Waals surface area contributed by atoms with Crippen LogP contribution in [0.5, 0.6) is 0 Å². The summed E-state index contributed by atoms with van der Waals surface area (Å²) < 4.78 is 18.4. The van der Waals surface area contributed by atoms with Crippen LogP contribution in [0, 0.1) is 12.7 Å². The first-order valence-corrected chi connectivity index (χ1v) is 7.57. The Bertz CT molecular complexity index is 699. The second kappa shape index (κ2) is 8.71. The highest BCUT2D eigenvalue weighted by molar-refractivity contribution is 5.86. The van der Waals surface area contributed by atoms with Gasteiger partial charge in [-0.25, -0.2) is 4.39 Å². The molecule has 24 heavy (non-hydrogen) atoms. The van der Waals surface area contributed by atoms with Crippen LogP contribution in [0.1, 0.15) is 16.9 Å². The van der Waals surface area contributed by atoms with Crippen molar-refractivity contribution in [3.63, 3.8) is 0 Å². The second-order valence-electron chi connectivity index (χ2n) is 5.22. The molecule has 3 N–H and O–H groups in total. The second-order valence-corrected chi connectivity index (χ2v) is 5.22. The fourth-order valence-corrected chi connectivity index (χ4v) is 2.05. The van der Waals surface area contributed by atoms with Gasteiger partial charge in [-0.15, -0.1) is 0 Å². The Morgan fingerprint density at radius 1 is 1.21 bits per heavy atom. The lowest BCUT2D eigenvalue weighted by atomic mass is 10.1. The van der Waals surface area contributed by atoms with E-state index in [1.165, 1.54) is 6.07 Å². The maximum absolute atomic E-state index is 13.2. The molecule has 0 radical (unpaired) electrons. The van der Waals surface area contributed by atoms with Crippen LogP contribution in [0.3, 0.4) is 0 Å². The van der Waals surface area contributed by atoms with Gasteiger partial charge in [-0.3, -0.25) is 9.79 Å². The fraction of sp³-hybridized carbons (Fsp3) is 0.294. The molecule has 0 aliphatic heterocycles. The van der Waals surface area contributed by atoms with E-state index in [2.05, 4.69) is 20.9 Å². The molecule has 1 amide bonds. The average molecular weight is 332 g/mol. The number of benzene rings is 1. The summed E-state index contributed by atoms with van der Waals surface area (Å²) in [6.07, 6.45) is 1.56. The molecule has 0 atom stereocenters. The lowest BCUT2D eigenvalue weighted by molar-refractivity contribution is -0.120. The largest absolute Gasteiger partial charge is 0.467 e. The van der Waals surface area contributed by atoms with Gasteiger partial charge < -0.3 is 20.4 Å². The van der Waals surface area contributed by atoms with Crippen LogP contribution in [-0.2, 0) is 17.9 Å². The highest BCUT2D eigenvalue weighted by atomic mass is 19.1. The molecule has 0 unspecified atom stereocenters. The molecule has 1 aromatic carbocycles. The van der Waals surface area contributed by atoms with Crippen molar-refractivity contribution in [2.24, 2.45) is 4.99 Å². The van der Waals surface area contributed by atoms with E-state index in [-0.39, 0.29) is 18.3 Å². The molecule has 6 nitrogen and oxygen atoms in total. The Hall–Kier alpha value is -2.83. The summed E-state index contributed by atoms with van der Waals surface area (Å²) in [5.41, 5.74) is 1.52. The van der Waals surface area contributed by atoms with Crippen LogP contribution in [-0.4, -0.2) is 25.5 Å². The molecule has 0 aliphatic carbocycles. The fourth-order valence-electron chi connectivity index (χ4n) is 2.05. The molecular formula is C17H21FN4O2. The van der Waals surface area contributed by atoms with Crippen LogP contribution < -0.4 is 16.0 Å². The third kappa shape index (κ3) is 5.42. The summed E-state index contributed by atoms with van der Waals surface area (Å²) in [5.74, 6) is 0.782. The third-order valence-corrected chi connectivity index (χ3v) is 3.36. The number of furan rings is 1. The SMILES string of the molecule is CN=C(NCC(=O)NCc1ccco1)NCc1ccc(F)c(C)c1. The van der Waals surface area contributed by atoms with Gasteiger partial charge in [0, 0.05) is 13.6 Å². The first-order valence-electron chi connectivity index (χ1n) is 7.57. The summed E-state index contributed by atoms with van der Waals surface area (Å²) in [4.78, 5) is 15.8. The minimum Gasteiger partial charge on any atom is -0.467 e. The van der Waals surface area contributed by atoms with E-state index in [1.807, 2.05) is 0 Å². The number of nitrogens with one attached hydrogen (secondary N) is 3. The summed E-state index contributed by atoms with van der Waals surface area (Å²) >= 11 is 0. The van der Waals surface area contributed by atoms with Crippen LogP contribution in [0.4, 0.5) is 4.39 Å². The van der Waals surface area contributed by atoms with Crippen LogP contribution in [0.15, 0.2) is 46.0 Å². The lowest BCUT2D eigenvalue weighted by Gasteiger charge is -2.12. The number of halogens is 1. The van der Waals surface area contributed by atoms with Gasteiger partial charge in [-0.2, -0.15) is 0 Å². The summed E-state index contributed by atoms with van der Waals surface area (Å²) in [6, 6.07) is 8.47. The van der Waals surface area contributed by atoms with E-state index in [0.29, 0.717) is 30.4 Å². The first-order chi connectivity index (χ1) is 11.6. The average Bonchev–Trinajstić information content (AvgIpc) is 3.09. The molecule has 1 aromatic heterocycles. The predicted octanol–water partition coefficient (Wildman–Crippen LogP) is 1.71. The van der Waals surface area contributed by atoms with Crippen molar-refractivity contribution >= 4 is 11.9 Å². The van der Waals surface area contributed by atoms with Crippen molar-refractivity contribution < 1.29 is 13.6 Å². The standard InChI is InChI=1S/C17H21FN4O2/c1-12-8-13(5-6-15(12)18)9-21-17(19-2)22-11-16(23)20-10-14-4-3-7-24-14/h3-8H,9-11H2,1-2H3,(H,20,23)(H2,19,21,22). The quantitative estimate of drug-likeness (QED) is 0.556. The molecule has 0 saturated heterocycles. The van der Waals surface area contributed by atoms with Gasteiger partial charge in [0.1, 0.15) is 11.6 Å². The van der Waals surface area contributed by atoms with Crippen molar-refractivity contribution in [2.75, 3.05) is 13.6 Å². The number of nitrogens with zero attached hydrogens (tertiary/aromatic N) is 1. The molecule has 0 aliphatic rings. The monoisotopic (exact) mass is 332 g/mol. The van der Waals surface area contributed by atoms with Gasteiger partial charge >= 0.3 is 0 Å². The topological polar surface area (TPSA) is 78.7 Å². The van der Waals surface area contributed by atoms with Gasteiger partial charge in [0.15, 0.2) is 5.96 Å². The van der Waals surface area contributed by atoms with E-state index in [4.69, 9.17) is 4.42 Å². The highest BCUT2D eigenvalue weighted by Gasteiger charge is 2.05. The zero-order valence-electron chi connectivity index (χ0n) is 13.7. The molecule has 2 rings (SSSR count). The maximum atomic E-state index is 13.2. The summed E-state index contributed by atoms with van der Waals surface area (Å²) in [5, 5.41) is 8.73. The minimum atomic E-state index is -0.227. The molecule has 0 spiro atoms. The van der Waals surface area contributed by atoms with Crippen LogP contribution >= 0.6 is 0 Å². The van der Waals surface area contributed by atoms with Crippen molar-refractivity contribution in [2.45, 2.75) is 20.0 Å². The molecule has 2 aromatic rings. The van der Waals surface area contributed by atoms with Gasteiger partial charge in [0.05, 0.1) is 19.4 Å². The number of rotatable bonds is 6. The van der Waals surface area contributed by atoms with E-state index >= 15 is 0 Å². The van der Waals surface area contributed by atoms with Gasteiger partial charge in [-0.05, 0) is 36.2 Å². The van der Waals surface area contributed by atoms with E-state index in [9.17, 15) is 9.18 Å². The minimum absolute atomic E-state index is 0.0861. The maximum Gasteiger partial charge on any atom is 0.239 e. The number of carbonyl (C=O) groups excluding carboxylic acids is 1. The zero-order chi connectivity index (χ0) is 17.4. The van der Waals surface area contributed by atoms with E-state index in [0.717, 1.165) is 5.56 Å². The number of hydrogen-bond acceptors (Lipinski definition) is 3. The van der Waals surface area contributed by atoms with Gasteiger partial charge in [-0.1, -0.05) is 12.1 Å². The number of guanidine groups is 1. The summed E-state index contributed by atoms with van der Waals surface area (Å²) in [6.45, 7) is 2.63. The Balaban J connectivity index is 1.73. The molecule has 0 saturated carbocycles. The molecule has 0 fully saturated rings. The zero-order valence-corrected chi connectivity index (χ0v) is 13.7. The molecule has 1 heterocycles. The molecular weight excluding hydrogens is 311 g/mol. The number of amides is 1. The van der Waals surface area contributed by atoms with Gasteiger partial charge in [0.2, 0.25) is 5.91 Å². The van der Waals surface area contributed by atoms with E-state index in [1.54, 1.807) is 44.5 Å². The first kappa shape index (κ1) is 17.5. The summed E-state index contributed by atoms with van der Waals surface area (Å²) in [7, 11) is 1.62. The van der Waals surface area contributed by atoms with Gasteiger partial charge in [0.25, 0.3) is 0 Å². The van der Waals surface area contributed by atoms with E-state index < -0.39 is 0 Å². The smallest absolute Gasteiger partial charge is 0.239 e. The normalized spacial score (nSPS) is 11.2. The predicted molar refractivity (Wildman–Crippen MR) is 89.9 cm³/mol. The highest BCUT2D eigenvalue weighted by Crippen LogP contribution is 2.08. The number of aliphatic imine (C=N–C) groups is 1. The Labute approximate surface area is 140 Å². The van der Waals surface area contributed by atoms with Crippen molar-refractivity contribution in [1.29, 1.82) is 0 Å². The van der Waals surface area contributed by atoms with Crippen LogP contribution in [0.2, 0.25) is 0 Å². The Morgan fingerprint density at radius 2 is 2.04 bits per heavy atom.